The number of carbonyl (C=O) groups is 1. The van der Waals surface area contributed by atoms with Crippen LogP contribution < -0.4 is 4.90 Å². The van der Waals surface area contributed by atoms with Gasteiger partial charge in [-0.05, 0) is 25.0 Å². The van der Waals surface area contributed by atoms with Crippen LogP contribution in [-0.2, 0) is 9.53 Å². The summed E-state index contributed by atoms with van der Waals surface area (Å²) in [4.78, 5) is 13.2. The van der Waals surface area contributed by atoms with Gasteiger partial charge in [0.2, 0.25) is 0 Å². The molecule has 0 aliphatic carbocycles. The molecule has 0 saturated heterocycles. The summed E-state index contributed by atoms with van der Waals surface area (Å²) >= 11 is 0. The second kappa shape index (κ2) is 6.57. The summed E-state index contributed by atoms with van der Waals surface area (Å²) < 4.78 is 5.35. The van der Waals surface area contributed by atoms with Gasteiger partial charge < -0.3 is 14.7 Å². The van der Waals surface area contributed by atoms with Crippen molar-refractivity contribution in [3.8, 4) is 0 Å². The molecule has 1 unspecified atom stereocenters. The lowest BCUT2D eigenvalue weighted by molar-refractivity contribution is -0.137. The third kappa shape index (κ3) is 3.47. The van der Waals surface area contributed by atoms with Crippen LogP contribution in [0.2, 0.25) is 0 Å². The van der Waals surface area contributed by atoms with E-state index in [4.69, 9.17) is 9.84 Å². The lowest BCUT2D eigenvalue weighted by atomic mass is 9.98. The summed E-state index contributed by atoms with van der Waals surface area (Å²) in [6.45, 7) is 5.23. The van der Waals surface area contributed by atoms with Crippen LogP contribution in [0.1, 0.15) is 31.2 Å². The van der Waals surface area contributed by atoms with E-state index >= 15 is 0 Å². The Hall–Kier alpha value is -1.55. The summed E-state index contributed by atoms with van der Waals surface area (Å²) in [5, 5.41) is 8.99. The standard InChI is InChI=1S/C15H21NO3/c1-2-19-9-5-8-16-11-12(10-15(17)18)13-6-3-4-7-14(13)16/h3-4,6-7,12H,2,5,8-11H2,1H3,(H,17,18). The molecule has 104 valence electrons. The van der Waals surface area contributed by atoms with Crippen LogP contribution in [0.25, 0.3) is 0 Å². The lowest BCUT2D eigenvalue weighted by Crippen LogP contribution is -2.24. The average Bonchev–Trinajstić information content (AvgIpc) is 2.73. The average molecular weight is 263 g/mol. The van der Waals surface area contributed by atoms with Crippen molar-refractivity contribution in [1.29, 1.82) is 0 Å². The Morgan fingerprint density at radius 1 is 1.47 bits per heavy atom. The molecule has 0 saturated carbocycles. The SMILES string of the molecule is CCOCCCN1CC(CC(=O)O)c2ccccc21. The van der Waals surface area contributed by atoms with Gasteiger partial charge in [0.1, 0.15) is 0 Å². The molecule has 0 fully saturated rings. The van der Waals surface area contributed by atoms with Gasteiger partial charge in [-0.3, -0.25) is 4.79 Å². The first-order chi connectivity index (χ1) is 9.22. The zero-order chi connectivity index (χ0) is 13.7. The van der Waals surface area contributed by atoms with Crippen molar-refractivity contribution in [3.05, 3.63) is 29.8 Å². The normalized spacial score (nSPS) is 17.5. The van der Waals surface area contributed by atoms with Crippen LogP contribution in [0.5, 0.6) is 0 Å². The van der Waals surface area contributed by atoms with Gasteiger partial charge in [0.15, 0.2) is 0 Å². The van der Waals surface area contributed by atoms with Crippen molar-refractivity contribution in [1.82, 2.24) is 0 Å². The third-order valence-electron chi connectivity index (χ3n) is 3.50. The number of ether oxygens (including phenoxy) is 1. The van der Waals surface area contributed by atoms with E-state index in [9.17, 15) is 4.79 Å². The second-order valence-electron chi connectivity index (χ2n) is 4.85. The van der Waals surface area contributed by atoms with E-state index in [1.165, 1.54) is 11.3 Å². The topological polar surface area (TPSA) is 49.8 Å². The first-order valence-electron chi connectivity index (χ1n) is 6.85. The minimum absolute atomic E-state index is 0.112. The molecule has 19 heavy (non-hydrogen) atoms. The number of benzene rings is 1. The van der Waals surface area contributed by atoms with Gasteiger partial charge in [-0.25, -0.2) is 0 Å². The molecule has 0 bridgehead atoms. The minimum Gasteiger partial charge on any atom is -0.481 e. The molecular weight excluding hydrogens is 242 g/mol. The summed E-state index contributed by atoms with van der Waals surface area (Å²) in [5.41, 5.74) is 2.35. The number of carboxylic acid groups (broad SMARTS) is 1. The van der Waals surface area contributed by atoms with Crippen molar-refractivity contribution in [2.24, 2.45) is 0 Å². The maximum Gasteiger partial charge on any atom is 0.304 e. The minimum atomic E-state index is -0.726. The van der Waals surface area contributed by atoms with E-state index in [1.54, 1.807) is 0 Å². The monoisotopic (exact) mass is 263 g/mol. The zero-order valence-corrected chi connectivity index (χ0v) is 11.3. The smallest absolute Gasteiger partial charge is 0.304 e. The third-order valence-corrected chi connectivity index (χ3v) is 3.50. The molecule has 1 aromatic carbocycles. The van der Waals surface area contributed by atoms with Gasteiger partial charge in [0.25, 0.3) is 0 Å². The van der Waals surface area contributed by atoms with Crippen molar-refractivity contribution in [2.75, 3.05) is 31.2 Å². The highest BCUT2D eigenvalue weighted by Gasteiger charge is 2.29. The van der Waals surface area contributed by atoms with Crippen LogP contribution in [0.4, 0.5) is 5.69 Å². The van der Waals surface area contributed by atoms with Gasteiger partial charge in [-0.2, -0.15) is 0 Å². The second-order valence-corrected chi connectivity index (χ2v) is 4.85. The summed E-state index contributed by atoms with van der Waals surface area (Å²) in [5.74, 6) is -0.614. The fourth-order valence-electron chi connectivity index (χ4n) is 2.68. The van der Waals surface area contributed by atoms with Gasteiger partial charge in [-0.15, -0.1) is 0 Å². The number of nitrogens with zero attached hydrogens (tertiary/aromatic N) is 1. The van der Waals surface area contributed by atoms with Crippen molar-refractivity contribution in [2.45, 2.75) is 25.7 Å². The Morgan fingerprint density at radius 2 is 2.26 bits per heavy atom. The molecule has 0 amide bonds. The number of fused-ring (bicyclic) bond motifs is 1. The Labute approximate surface area is 114 Å². The summed E-state index contributed by atoms with van der Waals surface area (Å²) in [6, 6.07) is 8.12. The van der Waals surface area contributed by atoms with Crippen LogP contribution >= 0.6 is 0 Å². The highest BCUT2D eigenvalue weighted by Crippen LogP contribution is 2.37. The number of para-hydroxylation sites is 1. The molecule has 1 aliphatic heterocycles. The number of anilines is 1. The Bertz CT molecular complexity index is 433. The largest absolute Gasteiger partial charge is 0.481 e. The van der Waals surface area contributed by atoms with Crippen molar-refractivity contribution < 1.29 is 14.6 Å². The highest BCUT2D eigenvalue weighted by molar-refractivity contribution is 5.71. The Balaban J connectivity index is 2.00. The molecule has 0 radical (unpaired) electrons. The van der Waals surface area contributed by atoms with Crippen LogP contribution in [0.3, 0.4) is 0 Å². The fraction of sp³-hybridized carbons (Fsp3) is 0.533. The highest BCUT2D eigenvalue weighted by atomic mass is 16.5. The molecule has 0 aromatic heterocycles. The number of rotatable bonds is 7. The molecule has 4 heteroatoms. The predicted octanol–water partition coefficient (Wildman–Crippen LogP) is 2.49. The van der Waals surface area contributed by atoms with Crippen LogP contribution in [0.15, 0.2) is 24.3 Å². The first kappa shape index (κ1) is 13.9. The molecule has 1 heterocycles. The van der Waals surface area contributed by atoms with Gasteiger partial charge >= 0.3 is 5.97 Å². The molecule has 1 aliphatic rings. The molecule has 2 rings (SSSR count). The number of carboxylic acids is 1. The van der Waals surface area contributed by atoms with Crippen LogP contribution in [0, 0.1) is 0 Å². The Kier molecular flexibility index (Phi) is 4.80. The quantitative estimate of drug-likeness (QED) is 0.768. The molecular formula is C15H21NO3. The number of aliphatic carboxylic acids is 1. The molecule has 1 atom stereocenters. The number of hydrogen-bond donors (Lipinski definition) is 1. The van der Waals surface area contributed by atoms with E-state index in [0.717, 1.165) is 32.7 Å². The van der Waals surface area contributed by atoms with Gasteiger partial charge in [-0.1, -0.05) is 18.2 Å². The maximum absolute atomic E-state index is 10.9. The zero-order valence-electron chi connectivity index (χ0n) is 11.3. The van der Waals surface area contributed by atoms with Crippen molar-refractivity contribution >= 4 is 11.7 Å². The predicted molar refractivity (Wildman–Crippen MR) is 74.8 cm³/mol. The molecule has 0 spiro atoms. The molecule has 1 aromatic rings. The molecule has 4 nitrogen and oxygen atoms in total. The lowest BCUT2D eigenvalue weighted by Gasteiger charge is -2.19. The van der Waals surface area contributed by atoms with E-state index in [-0.39, 0.29) is 12.3 Å². The van der Waals surface area contributed by atoms with Crippen molar-refractivity contribution in [3.63, 3.8) is 0 Å². The van der Waals surface area contributed by atoms with E-state index in [2.05, 4.69) is 11.0 Å². The fourth-order valence-corrected chi connectivity index (χ4v) is 2.68. The van der Waals surface area contributed by atoms with E-state index in [1.807, 2.05) is 25.1 Å². The van der Waals surface area contributed by atoms with E-state index < -0.39 is 5.97 Å². The first-order valence-corrected chi connectivity index (χ1v) is 6.85. The van der Waals surface area contributed by atoms with Gasteiger partial charge in [0, 0.05) is 37.9 Å². The molecule has 1 N–H and O–H groups in total. The maximum atomic E-state index is 10.9. The van der Waals surface area contributed by atoms with Gasteiger partial charge in [0.05, 0.1) is 6.42 Å². The van der Waals surface area contributed by atoms with E-state index in [0.29, 0.717) is 0 Å². The summed E-state index contributed by atoms with van der Waals surface area (Å²) in [6.07, 6.45) is 1.18. The van der Waals surface area contributed by atoms with Crippen LogP contribution in [-0.4, -0.2) is 37.4 Å². The summed E-state index contributed by atoms with van der Waals surface area (Å²) in [7, 11) is 0. The Morgan fingerprint density at radius 3 is 3.00 bits per heavy atom. The number of hydrogen-bond acceptors (Lipinski definition) is 3.